The average molecular weight is 564 g/mol. The van der Waals surface area contributed by atoms with Crippen LogP contribution in [-0.4, -0.2) is 16.0 Å². The van der Waals surface area contributed by atoms with Crippen LogP contribution in [0.1, 0.15) is 53.9 Å². The van der Waals surface area contributed by atoms with Crippen LogP contribution in [0.3, 0.4) is 0 Å². The number of rotatable bonds is 6. The van der Waals surface area contributed by atoms with Gasteiger partial charge >= 0.3 is 0 Å². The molecule has 0 aliphatic heterocycles. The topological polar surface area (TPSA) is 61.6 Å². The molecule has 0 amide bonds. The number of anilines is 1. The Morgan fingerprint density at radius 2 is 1.38 bits per heavy atom. The number of nitriles is 1. The third-order valence-corrected chi connectivity index (χ3v) is 8.62. The summed E-state index contributed by atoms with van der Waals surface area (Å²) in [5.41, 5.74) is 4.98. The number of halogens is 2. The summed E-state index contributed by atoms with van der Waals surface area (Å²) in [6.07, 6.45) is 5.04. The number of hydrogen-bond donors (Lipinski definition) is 1. The number of nitrogens with one attached hydrogen (secondary N) is 1. The Morgan fingerprint density at radius 1 is 0.775 bits per heavy atom. The fraction of sp³-hybridized carbons (Fsp3) is 0.206. The van der Waals surface area contributed by atoms with Crippen LogP contribution in [0.4, 0.5) is 5.82 Å². The molecule has 6 rings (SSSR count). The molecule has 0 spiro atoms. The van der Waals surface area contributed by atoms with E-state index in [1.165, 1.54) is 0 Å². The first kappa shape index (κ1) is 26.3. The van der Waals surface area contributed by atoms with E-state index in [0.29, 0.717) is 10.0 Å². The van der Waals surface area contributed by atoms with Crippen molar-refractivity contribution in [1.29, 1.82) is 5.26 Å². The molecule has 1 aliphatic carbocycles. The van der Waals surface area contributed by atoms with Crippen LogP contribution in [0, 0.1) is 11.3 Å². The summed E-state index contributed by atoms with van der Waals surface area (Å²) in [5, 5.41) is 16.2. The minimum Gasteiger partial charge on any atom is -0.367 e. The highest BCUT2D eigenvalue weighted by Crippen LogP contribution is 2.40. The molecule has 0 radical (unpaired) electrons. The lowest BCUT2D eigenvalue weighted by atomic mass is 9.69. The van der Waals surface area contributed by atoms with E-state index in [-0.39, 0.29) is 12.0 Å². The zero-order valence-electron chi connectivity index (χ0n) is 21.9. The number of hydrogen-bond acceptors (Lipinski definition) is 4. The largest absolute Gasteiger partial charge is 0.367 e. The minimum atomic E-state index is -0.426. The lowest BCUT2D eigenvalue weighted by Gasteiger charge is -2.36. The molecule has 1 heterocycles. The third kappa shape index (κ3) is 5.28. The van der Waals surface area contributed by atoms with Crippen molar-refractivity contribution >= 4 is 39.9 Å². The van der Waals surface area contributed by atoms with Crippen LogP contribution in [-0.2, 0) is 5.41 Å². The van der Waals surface area contributed by atoms with Crippen molar-refractivity contribution in [2.45, 2.75) is 43.1 Å². The summed E-state index contributed by atoms with van der Waals surface area (Å²) in [6, 6.07) is 35.4. The molecule has 1 aromatic heterocycles. The predicted octanol–water partition coefficient (Wildman–Crippen LogP) is 8.93. The molecule has 0 bridgehead atoms. The number of nitrogens with zero attached hydrogens (tertiary/aromatic N) is 3. The van der Waals surface area contributed by atoms with Crippen molar-refractivity contribution in [2.75, 3.05) is 5.32 Å². The second-order valence-corrected chi connectivity index (χ2v) is 11.4. The van der Waals surface area contributed by atoms with Crippen LogP contribution in [0.5, 0.6) is 0 Å². The Hall–Kier alpha value is -3.91. The van der Waals surface area contributed by atoms with Crippen molar-refractivity contribution in [2.24, 2.45) is 0 Å². The van der Waals surface area contributed by atoms with Crippen LogP contribution in [0.15, 0.2) is 103 Å². The van der Waals surface area contributed by atoms with Gasteiger partial charge in [0, 0.05) is 27.4 Å². The van der Waals surface area contributed by atoms with Crippen LogP contribution >= 0.6 is 23.2 Å². The maximum absolute atomic E-state index is 10.1. The van der Waals surface area contributed by atoms with E-state index in [1.807, 2.05) is 42.5 Å². The Balaban J connectivity index is 1.31. The molecule has 0 atom stereocenters. The molecule has 0 unspecified atom stereocenters. The smallest absolute Gasteiger partial charge is 0.137 e. The van der Waals surface area contributed by atoms with Crippen molar-refractivity contribution in [3.8, 4) is 6.07 Å². The fourth-order valence-electron chi connectivity index (χ4n) is 5.93. The van der Waals surface area contributed by atoms with Crippen LogP contribution in [0.2, 0.25) is 10.0 Å². The van der Waals surface area contributed by atoms with E-state index < -0.39 is 5.41 Å². The minimum absolute atomic E-state index is 0.0104. The molecule has 4 aromatic carbocycles. The first-order chi connectivity index (χ1) is 19.5. The zero-order chi connectivity index (χ0) is 27.5. The highest BCUT2D eigenvalue weighted by molar-refractivity contribution is 6.30. The van der Waals surface area contributed by atoms with Gasteiger partial charge in [0.25, 0.3) is 0 Å². The van der Waals surface area contributed by atoms with Gasteiger partial charge in [0.1, 0.15) is 12.1 Å². The standard InChI is InChI=1S/C34H28Cl2N4/c35-27-11-6-23(7-12-27)32(24-8-13-28(36)14-9-24)25-10-15-31-30(20-25)33(39-22-38-31)40-29-16-18-34(21-37,19-17-29)26-4-2-1-3-5-26/h1-15,20,22,29,32H,16-19H2,(H,38,39,40). The molecule has 1 aliphatic rings. The van der Waals surface area contributed by atoms with E-state index in [0.717, 1.165) is 64.7 Å². The first-order valence-corrected chi connectivity index (χ1v) is 14.3. The van der Waals surface area contributed by atoms with Gasteiger partial charge in [-0.1, -0.05) is 83.9 Å². The van der Waals surface area contributed by atoms with E-state index in [9.17, 15) is 5.26 Å². The van der Waals surface area contributed by atoms with Gasteiger partial charge in [0.2, 0.25) is 0 Å². The molecular weight excluding hydrogens is 535 g/mol. The second-order valence-electron chi connectivity index (χ2n) is 10.5. The highest BCUT2D eigenvalue weighted by atomic mass is 35.5. The fourth-order valence-corrected chi connectivity index (χ4v) is 6.18. The van der Waals surface area contributed by atoms with E-state index in [1.54, 1.807) is 6.33 Å². The molecule has 1 saturated carbocycles. The monoisotopic (exact) mass is 562 g/mol. The Kier molecular flexibility index (Phi) is 7.43. The lowest BCUT2D eigenvalue weighted by Crippen LogP contribution is -2.35. The average Bonchev–Trinajstić information content (AvgIpc) is 3.00. The lowest BCUT2D eigenvalue weighted by molar-refractivity contribution is 0.344. The van der Waals surface area contributed by atoms with E-state index in [4.69, 9.17) is 23.2 Å². The molecular formula is C34H28Cl2N4. The molecule has 0 saturated heterocycles. The zero-order valence-corrected chi connectivity index (χ0v) is 23.4. The predicted molar refractivity (Wildman–Crippen MR) is 163 cm³/mol. The Labute approximate surface area is 244 Å². The van der Waals surface area contributed by atoms with Gasteiger partial charge in [0.05, 0.1) is 17.0 Å². The molecule has 5 aromatic rings. The summed E-state index contributed by atoms with van der Waals surface area (Å²) in [7, 11) is 0. The number of fused-ring (bicyclic) bond motifs is 1. The normalized spacial score (nSPS) is 18.9. The highest BCUT2D eigenvalue weighted by Gasteiger charge is 2.37. The Morgan fingerprint density at radius 3 is 1.98 bits per heavy atom. The second kappa shape index (κ2) is 11.3. The molecule has 40 heavy (non-hydrogen) atoms. The number of aromatic nitrogens is 2. The third-order valence-electron chi connectivity index (χ3n) is 8.12. The summed E-state index contributed by atoms with van der Waals surface area (Å²) in [5.74, 6) is 0.816. The van der Waals surface area contributed by atoms with Crippen LogP contribution in [0.25, 0.3) is 10.9 Å². The Bertz CT molecular complexity index is 1610. The summed E-state index contributed by atoms with van der Waals surface area (Å²) >= 11 is 12.4. The summed E-state index contributed by atoms with van der Waals surface area (Å²) in [4.78, 5) is 9.21. The molecule has 6 heteroatoms. The van der Waals surface area contributed by atoms with Crippen molar-refractivity contribution in [1.82, 2.24) is 9.97 Å². The molecule has 1 N–H and O–H groups in total. The van der Waals surface area contributed by atoms with Crippen LogP contribution < -0.4 is 5.32 Å². The maximum atomic E-state index is 10.1. The molecule has 1 fully saturated rings. The molecule has 4 nitrogen and oxygen atoms in total. The van der Waals surface area contributed by atoms with Gasteiger partial charge in [-0.3, -0.25) is 0 Å². The SMILES string of the molecule is N#CC1(c2ccccc2)CCC(Nc2ncnc3ccc(C(c4ccc(Cl)cc4)c4ccc(Cl)cc4)cc23)CC1. The quantitative estimate of drug-likeness (QED) is 0.210. The van der Waals surface area contributed by atoms with Crippen molar-refractivity contribution in [3.05, 3.63) is 136 Å². The first-order valence-electron chi connectivity index (χ1n) is 13.5. The summed E-state index contributed by atoms with van der Waals surface area (Å²) < 4.78 is 0. The van der Waals surface area contributed by atoms with Gasteiger partial charge in [-0.15, -0.1) is 0 Å². The maximum Gasteiger partial charge on any atom is 0.137 e. The van der Waals surface area contributed by atoms with Gasteiger partial charge in [-0.25, -0.2) is 9.97 Å². The summed E-state index contributed by atoms with van der Waals surface area (Å²) in [6.45, 7) is 0. The van der Waals surface area contributed by atoms with Crippen molar-refractivity contribution < 1.29 is 0 Å². The van der Waals surface area contributed by atoms with Gasteiger partial charge in [0.15, 0.2) is 0 Å². The van der Waals surface area contributed by atoms with Crippen molar-refractivity contribution in [3.63, 3.8) is 0 Å². The molecule has 198 valence electrons. The van der Waals surface area contributed by atoms with Gasteiger partial charge < -0.3 is 5.32 Å². The van der Waals surface area contributed by atoms with E-state index in [2.05, 4.69) is 76.0 Å². The van der Waals surface area contributed by atoms with Gasteiger partial charge in [-0.05, 0) is 84.3 Å². The van der Waals surface area contributed by atoms with Gasteiger partial charge in [-0.2, -0.15) is 5.26 Å². The number of benzene rings is 4. The van der Waals surface area contributed by atoms with E-state index >= 15 is 0 Å².